The molecular formula is C30H26N2O5S. The van der Waals surface area contributed by atoms with Crippen LogP contribution in [0.25, 0.3) is 0 Å². The van der Waals surface area contributed by atoms with Crippen LogP contribution in [0.1, 0.15) is 37.1 Å². The molecule has 4 aromatic rings. The number of amides is 2. The minimum Gasteiger partial charge on any atom is -0.497 e. The van der Waals surface area contributed by atoms with Gasteiger partial charge in [0, 0.05) is 21.8 Å². The number of carboxylic acid groups (broad SMARTS) is 1. The van der Waals surface area contributed by atoms with Gasteiger partial charge < -0.3 is 20.5 Å². The summed E-state index contributed by atoms with van der Waals surface area (Å²) in [5, 5.41) is 14.5. The molecule has 0 aliphatic heterocycles. The van der Waals surface area contributed by atoms with Crippen molar-refractivity contribution in [1.82, 2.24) is 0 Å². The van der Waals surface area contributed by atoms with Gasteiger partial charge in [0.25, 0.3) is 5.91 Å². The molecular weight excluding hydrogens is 500 g/mol. The molecule has 3 N–H and O–H groups in total. The number of methoxy groups -OCH3 is 1. The fourth-order valence-corrected chi connectivity index (χ4v) is 4.71. The van der Waals surface area contributed by atoms with Crippen molar-refractivity contribution < 1.29 is 24.2 Å². The fraction of sp³-hybridized carbons (Fsp3) is 0.100. The summed E-state index contributed by atoms with van der Waals surface area (Å²) >= 11 is 1.36. The summed E-state index contributed by atoms with van der Waals surface area (Å²) in [4.78, 5) is 38.2. The molecule has 0 fully saturated rings. The van der Waals surface area contributed by atoms with Crippen LogP contribution >= 0.6 is 11.8 Å². The first-order valence-corrected chi connectivity index (χ1v) is 12.6. The zero-order valence-corrected chi connectivity index (χ0v) is 21.6. The lowest BCUT2D eigenvalue weighted by atomic mass is 10.1. The highest BCUT2D eigenvalue weighted by atomic mass is 32.2. The summed E-state index contributed by atoms with van der Waals surface area (Å²) in [6.07, 6.45) is 0. The summed E-state index contributed by atoms with van der Waals surface area (Å²) in [6, 6.07) is 28.1. The molecule has 0 saturated heterocycles. The molecule has 4 rings (SSSR count). The number of anilines is 2. The molecule has 8 heteroatoms. The van der Waals surface area contributed by atoms with E-state index in [2.05, 4.69) is 10.6 Å². The summed E-state index contributed by atoms with van der Waals surface area (Å²) in [7, 11) is 1.57. The second-order valence-corrected chi connectivity index (χ2v) is 9.62. The Morgan fingerprint density at radius 2 is 1.47 bits per heavy atom. The van der Waals surface area contributed by atoms with E-state index in [9.17, 15) is 19.5 Å². The molecule has 38 heavy (non-hydrogen) atoms. The van der Waals surface area contributed by atoms with Crippen molar-refractivity contribution in [3.05, 3.63) is 119 Å². The van der Waals surface area contributed by atoms with Gasteiger partial charge in [0.05, 0.1) is 12.7 Å². The van der Waals surface area contributed by atoms with E-state index in [1.54, 1.807) is 49.6 Å². The van der Waals surface area contributed by atoms with Gasteiger partial charge in [0.1, 0.15) is 11.0 Å². The third kappa shape index (κ3) is 6.60. The Hall–Kier alpha value is -4.56. The number of benzene rings is 4. The molecule has 0 bridgehead atoms. The van der Waals surface area contributed by atoms with Crippen LogP contribution in [-0.4, -0.2) is 30.0 Å². The molecule has 4 aromatic carbocycles. The number of carbonyl (C=O) groups excluding carboxylic acids is 2. The van der Waals surface area contributed by atoms with Crippen molar-refractivity contribution in [2.24, 2.45) is 0 Å². The number of nitrogens with one attached hydrogen (secondary N) is 2. The van der Waals surface area contributed by atoms with Crippen molar-refractivity contribution in [3.8, 4) is 5.75 Å². The molecule has 0 spiro atoms. The van der Waals surface area contributed by atoms with E-state index in [0.29, 0.717) is 22.7 Å². The Bertz CT molecular complexity index is 1440. The molecule has 0 aromatic heterocycles. The summed E-state index contributed by atoms with van der Waals surface area (Å²) in [5.41, 5.74) is 3.25. The van der Waals surface area contributed by atoms with E-state index in [-0.39, 0.29) is 17.4 Å². The maximum atomic E-state index is 13.4. The lowest BCUT2D eigenvalue weighted by Crippen LogP contribution is -2.20. The average Bonchev–Trinajstić information content (AvgIpc) is 2.94. The highest BCUT2D eigenvalue weighted by molar-refractivity contribution is 8.00. The lowest BCUT2D eigenvalue weighted by Gasteiger charge is -2.18. The van der Waals surface area contributed by atoms with Gasteiger partial charge in [-0.25, -0.2) is 4.79 Å². The highest BCUT2D eigenvalue weighted by Crippen LogP contribution is 2.37. The third-order valence-electron chi connectivity index (χ3n) is 5.80. The lowest BCUT2D eigenvalue weighted by molar-refractivity contribution is -0.115. The van der Waals surface area contributed by atoms with E-state index < -0.39 is 11.2 Å². The van der Waals surface area contributed by atoms with Crippen LogP contribution in [0.3, 0.4) is 0 Å². The molecule has 0 radical (unpaired) electrons. The zero-order chi connectivity index (χ0) is 27.1. The number of carbonyl (C=O) groups is 3. The van der Waals surface area contributed by atoms with Gasteiger partial charge in [-0.2, -0.15) is 0 Å². The van der Waals surface area contributed by atoms with Crippen molar-refractivity contribution in [2.75, 3.05) is 17.7 Å². The second-order valence-electron chi connectivity index (χ2n) is 8.44. The van der Waals surface area contributed by atoms with Crippen molar-refractivity contribution >= 4 is 40.9 Å². The molecule has 1 atom stereocenters. The van der Waals surface area contributed by atoms with E-state index in [1.165, 1.54) is 23.9 Å². The minimum absolute atomic E-state index is 0.0992. The van der Waals surface area contributed by atoms with E-state index in [0.717, 1.165) is 16.0 Å². The Labute approximate surface area is 224 Å². The number of carboxylic acids is 1. The summed E-state index contributed by atoms with van der Waals surface area (Å²) in [5.74, 6) is -0.907. The van der Waals surface area contributed by atoms with Crippen LogP contribution in [0.4, 0.5) is 11.4 Å². The molecule has 0 heterocycles. The van der Waals surface area contributed by atoms with Crippen LogP contribution in [0, 0.1) is 6.92 Å². The maximum Gasteiger partial charge on any atom is 0.335 e. The number of rotatable bonds is 9. The maximum absolute atomic E-state index is 13.4. The first kappa shape index (κ1) is 26.5. The van der Waals surface area contributed by atoms with Gasteiger partial charge in [0.15, 0.2) is 0 Å². The quantitative estimate of drug-likeness (QED) is 0.217. The highest BCUT2D eigenvalue weighted by Gasteiger charge is 2.23. The fourth-order valence-electron chi connectivity index (χ4n) is 3.69. The van der Waals surface area contributed by atoms with Crippen LogP contribution < -0.4 is 15.4 Å². The number of aryl methyl sites for hydroxylation is 1. The van der Waals surface area contributed by atoms with Crippen molar-refractivity contribution in [3.63, 3.8) is 0 Å². The van der Waals surface area contributed by atoms with Crippen LogP contribution in [0.5, 0.6) is 5.75 Å². The standard InChI is InChI=1S/C30H26N2O5S/c1-19-8-9-22(30(35)36)18-26(19)32-29(34)27(20-6-4-3-5-7-20)38-25-16-12-23(13-17-25)31-28(33)21-10-14-24(37-2)15-11-21/h3-18,27H,1-2H3,(H,31,33)(H,32,34)(H,35,36). The number of thioether (sulfide) groups is 1. The SMILES string of the molecule is COc1ccc(C(=O)Nc2ccc(SC(C(=O)Nc3cc(C(=O)O)ccc3C)c3ccccc3)cc2)cc1. The summed E-state index contributed by atoms with van der Waals surface area (Å²) < 4.78 is 5.13. The second kappa shape index (κ2) is 12.1. The molecule has 1 unspecified atom stereocenters. The molecule has 2 amide bonds. The normalized spacial score (nSPS) is 11.3. The van der Waals surface area contributed by atoms with Crippen LogP contribution in [-0.2, 0) is 4.79 Å². The van der Waals surface area contributed by atoms with Gasteiger partial charge in [-0.05, 0) is 78.7 Å². The minimum atomic E-state index is -1.06. The Morgan fingerprint density at radius 1 is 0.816 bits per heavy atom. The van der Waals surface area contributed by atoms with E-state index >= 15 is 0 Å². The number of ether oxygens (including phenoxy) is 1. The molecule has 0 aliphatic carbocycles. The Morgan fingerprint density at radius 3 is 2.11 bits per heavy atom. The third-order valence-corrected chi connectivity index (χ3v) is 7.07. The Balaban J connectivity index is 1.50. The molecule has 0 aliphatic rings. The first-order valence-electron chi connectivity index (χ1n) is 11.8. The number of hydrogen-bond acceptors (Lipinski definition) is 5. The van der Waals surface area contributed by atoms with E-state index in [1.807, 2.05) is 49.4 Å². The number of aromatic carboxylic acids is 1. The Kier molecular flexibility index (Phi) is 8.45. The topological polar surface area (TPSA) is 105 Å². The van der Waals surface area contributed by atoms with Crippen LogP contribution in [0.15, 0.2) is 102 Å². The van der Waals surface area contributed by atoms with Gasteiger partial charge in [-0.1, -0.05) is 36.4 Å². The predicted molar refractivity (Wildman–Crippen MR) is 149 cm³/mol. The summed E-state index contributed by atoms with van der Waals surface area (Å²) in [6.45, 7) is 1.81. The van der Waals surface area contributed by atoms with Crippen LogP contribution in [0.2, 0.25) is 0 Å². The van der Waals surface area contributed by atoms with Crippen molar-refractivity contribution in [1.29, 1.82) is 0 Å². The van der Waals surface area contributed by atoms with Gasteiger partial charge >= 0.3 is 5.97 Å². The van der Waals surface area contributed by atoms with Crippen molar-refractivity contribution in [2.45, 2.75) is 17.1 Å². The van der Waals surface area contributed by atoms with E-state index in [4.69, 9.17) is 4.74 Å². The number of hydrogen-bond donors (Lipinski definition) is 3. The first-order chi connectivity index (χ1) is 18.3. The zero-order valence-electron chi connectivity index (χ0n) is 20.8. The van der Waals surface area contributed by atoms with Gasteiger partial charge in [0.2, 0.25) is 5.91 Å². The predicted octanol–water partition coefficient (Wildman–Crippen LogP) is 6.43. The van der Waals surface area contributed by atoms with Gasteiger partial charge in [-0.3, -0.25) is 9.59 Å². The molecule has 192 valence electrons. The average molecular weight is 527 g/mol. The largest absolute Gasteiger partial charge is 0.497 e. The molecule has 0 saturated carbocycles. The van der Waals surface area contributed by atoms with Gasteiger partial charge in [-0.15, -0.1) is 11.8 Å². The smallest absolute Gasteiger partial charge is 0.335 e. The molecule has 7 nitrogen and oxygen atoms in total. The monoisotopic (exact) mass is 526 g/mol.